The molecule has 2 heteroatoms. The molecule has 1 heterocycles. The molecule has 1 aliphatic heterocycles. The van der Waals surface area contributed by atoms with Crippen molar-refractivity contribution in [3.05, 3.63) is 0 Å². The Bertz CT molecular complexity index is 143. The maximum absolute atomic E-state index is 5.37. The second-order valence-corrected chi connectivity index (χ2v) is 4.94. The molecule has 1 unspecified atom stereocenters. The Balaban J connectivity index is 1.97. The molecule has 15 heavy (non-hydrogen) atoms. The second-order valence-electron chi connectivity index (χ2n) is 4.94. The van der Waals surface area contributed by atoms with Gasteiger partial charge < -0.3 is 10.1 Å². The van der Waals surface area contributed by atoms with E-state index in [0.29, 0.717) is 0 Å². The predicted molar refractivity (Wildman–Crippen MR) is 65.1 cm³/mol. The summed E-state index contributed by atoms with van der Waals surface area (Å²) >= 11 is 0. The first-order valence-corrected chi connectivity index (χ1v) is 6.61. The molecular weight excluding hydrogens is 186 g/mol. The smallest absolute Gasteiger partial charge is 0.0468 e. The molecule has 0 saturated carbocycles. The molecule has 0 bridgehead atoms. The van der Waals surface area contributed by atoms with Crippen LogP contribution in [0.15, 0.2) is 0 Å². The lowest BCUT2D eigenvalue weighted by atomic mass is 9.91. The molecule has 0 aliphatic carbocycles. The van der Waals surface area contributed by atoms with E-state index in [1.165, 1.54) is 45.2 Å². The van der Waals surface area contributed by atoms with Crippen molar-refractivity contribution in [3.63, 3.8) is 0 Å². The first-order valence-electron chi connectivity index (χ1n) is 6.61. The van der Waals surface area contributed by atoms with Crippen molar-refractivity contribution in [1.82, 2.24) is 5.32 Å². The largest absolute Gasteiger partial charge is 0.381 e. The number of rotatable bonds is 7. The molecule has 0 aromatic rings. The summed E-state index contributed by atoms with van der Waals surface area (Å²) in [5, 5.41) is 3.50. The van der Waals surface area contributed by atoms with E-state index in [0.717, 1.165) is 25.0 Å². The summed E-state index contributed by atoms with van der Waals surface area (Å²) < 4.78 is 5.37. The second kappa shape index (κ2) is 8.12. The van der Waals surface area contributed by atoms with E-state index >= 15 is 0 Å². The Labute approximate surface area is 94.8 Å². The van der Waals surface area contributed by atoms with E-state index in [-0.39, 0.29) is 0 Å². The Morgan fingerprint density at radius 1 is 1.33 bits per heavy atom. The maximum Gasteiger partial charge on any atom is 0.0468 e. The van der Waals surface area contributed by atoms with E-state index in [4.69, 9.17) is 4.74 Å². The van der Waals surface area contributed by atoms with Crippen LogP contribution in [0, 0.1) is 11.8 Å². The lowest BCUT2D eigenvalue weighted by Crippen LogP contribution is -2.23. The van der Waals surface area contributed by atoms with Gasteiger partial charge in [0.2, 0.25) is 0 Å². The van der Waals surface area contributed by atoms with Crippen molar-refractivity contribution in [2.24, 2.45) is 11.8 Å². The predicted octanol–water partition coefficient (Wildman–Crippen LogP) is 2.83. The fourth-order valence-electron chi connectivity index (χ4n) is 2.18. The maximum atomic E-state index is 5.37. The first kappa shape index (κ1) is 13.0. The van der Waals surface area contributed by atoms with Crippen LogP contribution in [-0.2, 0) is 4.74 Å². The third kappa shape index (κ3) is 6.16. The van der Waals surface area contributed by atoms with Gasteiger partial charge in [-0.3, -0.25) is 0 Å². The third-order valence-electron chi connectivity index (χ3n) is 3.33. The summed E-state index contributed by atoms with van der Waals surface area (Å²) in [7, 11) is 0. The van der Waals surface area contributed by atoms with Crippen LogP contribution >= 0.6 is 0 Å². The van der Waals surface area contributed by atoms with E-state index in [9.17, 15) is 0 Å². The molecule has 1 atom stereocenters. The highest BCUT2D eigenvalue weighted by Gasteiger charge is 2.14. The van der Waals surface area contributed by atoms with Crippen LogP contribution in [0.3, 0.4) is 0 Å². The number of hydrogen-bond acceptors (Lipinski definition) is 2. The van der Waals surface area contributed by atoms with Crippen molar-refractivity contribution in [1.29, 1.82) is 0 Å². The molecule has 90 valence electrons. The zero-order valence-corrected chi connectivity index (χ0v) is 10.4. The van der Waals surface area contributed by atoms with Gasteiger partial charge in [0.15, 0.2) is 0 Å². The summed E-state index contributed by atoms with van der Waals surface area (Å²) in [5.74, 6) is 1.77. The molecule has 0 aromatic carbocycles. The molecule has 1 saturated heterocycles. The summed E-state index contributed by atoms with van der Waals surface area (Å²) in [6.45, 7) is 8.93. The van der Waals surface area contributed by atoms with Crippen LogP contribution in [0.25, 0.3) is 0 Å². The summed E-state index contributed by atoms with van der Waals surface area (Å²) in [4.78, 5) is 0. The molecule has 1 rings (SSSR count). The normalized spacial score (nSPS) is 20.4. The van der Waals surface area contributed by atoms with E-state index in [2.05, 4.69) is 19.2 Å². The Kier molecular flexibility index (Phi) is 7.03. The van der Waals surface area contributed by atoms with Crippen LogP contribution in [0.4, 0.5) is 0 Å². The standard InChI is InChI=1S/C13H27NO/c1-3-8-14-11-12(2)4-5-13-6-9-15-10-7-13/h12-14H,3-11H2,1-2H3. The first-order chi connectivity index (χ1) is 7.33. The van der Waals surface area contributed by atoms with Gasteiger partial charge in [0, 0.05) is 13.2 Å². The van der Waals surface area contributed by atoms with Gasteiger partial charge in [0.1, 0.15) is 0 Å². The topological polar surface area (TPSA) is 21.3 Å². The zero-order valence-electron chi connectivity index (χ0n) is 10.4. The summed E-state index contributed by atoms with van der Waals surface area (Å²) in [5.41, 5.74) is 0. The minimum Gasteiger partial charge on any atom is -0.381 e. The minimum absolute atomic E-state index is 0.833. The quantitative estimate of drug-likeness (QED) is 0.657. The highest BCUT2D eigenvalue weighted by molar-refractivity contribution is 4.66. The SMILES string of the molecule is CCCNCC(C)CCC1CCOCC1. The van der Waals surface area contributed by atoms with Crippen molar-refractivity contribution >= 4 is 0 Å². The monoisotopic (exact) mass is 213 g/mol. The number of ether oxygens (including phenoxy) is 1. The zero-order chi connectivity index (χ0) is 10.9. The van der Waals surface area contributed by atoms with Crippen LogP contribution in [0.5, 0.6) is 0 Å². The van der Waals surface area contributed by atoms with Crippen LogP contribution in [0.2, 0.25) is 0 Å². The van der Waals surface area contributed by atoms with Gasteiger partial charge in [-0.05, 0) is 57.0 Å². The molecule has 1 aliphatic rings. The van der Waals surface area contributed by atoms with Gasteiger partial charge in [-0.25, -0.2) is 0 Å². The van der Waals surface area contributed by atoms with Crippen molar-refractivity contribution < 1.29 is 4.74 Å². The lowest BCUT2D eigenvalue weighted by molar-refractivity contribution is 0.0621. The van der Waals surface area contributed by atoms with Gasteiger partial charge in [0.25, 0.3) is 0 Å². The molecular formula is C13H27NO. The van der Waals surface area contributed by atoms with Gasteiger partial charge in [0.05, 0.1) is 0 Å². The molecule has 1 fully saturated rings. The van der Waals surface area contributed by atoms with Gasteiger partial charge in [-0.1, -0.05) is 13.8 Å². The van der Waals surface area contributed by atoms with Gasteiger partial charge in [-0.2, -0.15) is 0 Å². The molecule has 2 nitrogen and oxygen atoms in total. The number of hydrogen-bond donors (Lipinski definition) is 1. The fraction of sp³-hybridized carbons (Fsp3) is 1.00. The highest BCUT2D eigenvalue weighted by Crippen LogP contribution is 2.22. The summed E-state index contributed by atoms with van der Waals surface area (Å²) in [6, 6.07) is 0. The van der Waals surface area contributed by atoms with Crippen molar-refractivity contribution in [2.45, 2.75) is 46.0 Å². The summed E-state index contributed by atoms with van der Waals surface area (Å²) in [6.07, 6.45) is 6.59. The molecule has 0 radical (unpaired) electrons. The van der Waals surface area contributed by atoms with Gasteiger partial charge in [-0.15, -0.1) is 0 Å². The Morgan fingerprint density at radius 3 is 2.73 bits per heavy atom. The van der Waals surface area contributed by atoms with E-state index in [1.54, 1.807) is 0 Å². The highest BCUT2D eigenvalue weighted by atomic mass is 16.5. The Morgan fingerprint density at radius 2 is 2.07 bits per heavy atom. The van der Waals surface area contributed by atoms with Crippen molar-refractivity contribution in [3.8, 4) is 0 Å². The molecule has 0 aromatic heterocycles. The van der Waals surface area contributed by atoms with Gasteiger partial charge >= 0.3 is 0 Å². The van der Waals surface area contributed by atoms with Crippen LogP contribution in [-0.4, -0.2) is 26.3 Å². The van der Waals surface area contributed by atoms with E-state index in [1.807, 2.05) is 0 Å². The average Bonchev–Trinajstić information content (AvgIpc) is 2.28. The molecule has 0 amide bonds. The fourth-order valence-corrected chi connectivity index (χ4v) is 2.18. The minimum atomic E-state index is 0.833. The third-order valence-corrected chi connectivity index (χ3v) is 3.33. The van der Waals surface area contributed by atoms with Crippen molar-refractivity contribution in [2.75, 3.05) is 26.3 Å². The van der Waals surface area contributed by atoms with E-state index < -0.39 is 0 Å². The number of nitrogens with one attached hydrogen (secondary N) is 1. The Hall–Kier alpha value is -0.0800. The molecule has 0 spiro atoms. The van der Waals surface area contributed by atoms with Crippen LogP contribution in [0.1, 0.15) is 46.0 Å². The van der Waals surface area contributed by atoms with Crippen LogP contribution < -0.4 is 5.32 Å². The lowest BCUT2D eigenvalue weighted by Gasteiger charge is -2.23. The average molecular weight is 213 g/mol. The molecule has 1 N–H and O–H groups in total.